The van der Waals surface area contributed by atoms with Gasteiger partial charge in [-0.1, -0.05) is 72.3 Å². The minimum absolute atomic E-state index is 0.0601. The SMILES string of the molecule is Cc1ccc2c(c1)CC([C@@H](NC(=O)OCC1c3ccccc3-c3ccccc31)C(=O)O)C2. The Morgan fingerprint density at radius 3 is 2.25 bits per heavy atom. The van der Waals surface area contributed by atoms with E-state index in [2.05, 4.69) is 41.7 Å². The largest absolute Gasteiger partial charge is 0.480 e. The standard InChI is InChI=1S/C27H25NO4/c1-16-10-11-17-13-19(14-18(17)12-16)25(26(29)30)28-27(31)32-15-24-22-8-4-2-6-20(22)21-7-3-5-9-23(21)24/h2-12,19,24-25H,13-15H2,1H3,(H,28,31)(H,29,30)/t19?,25-/m1/s1. The van der Waals surface area contributed by atoms with Crippen LogP contribution >= 0.6 is 0 Å². The van der Waals surface area contributed by atoms with E-state index in [9.17, 15) is 14.7 Å². The molecule has 162 valence electrons. The van der Waals surface area contributed by atoms with Gasteiger partial charge in [0.2, 0.25) is 0 Å². The van der Waals surface area contributed by atoms with Crippen molar-refractivity contribution < 1.29 is 19.4 Å². The van der Waals surface area contributed by atoms with Crippen LogP contribution in [-0.2, 0) is 22.4 Å². The minimum atomic E-state index is -1.03. The lowest BCUT2D eigenvalue weighted by Gasteiger charge is -2.21. The Morgan fingerprint density at radius 2 is 1.59 bits per heavy atom. The van der Waals surface area contributed by atoms with Crippen LogP contribution in [0.15, 0.2) is 66.7 Å². The Hall–Kier alpha value is -3.60. The molecule has 0 saturated carbocycles. The van der Waals surface area contributed by atoms with Gasteiger partial charge in [-0.3, -0.25) is 0 Å². The molecule has 0 bridgehead atoms. The van der Waals surface area contributed by atoms with Gasteiger partial charge in [-0.25, -0.2) is 9.59 Å². The molecule has 0 aromatic heterocycles. The molecule has 32 heavy (non-hydrogen) atoms. The number of ether oxygens (including phenoxy) is 1. The zero-order valence-corrected chi connectivity index (χ0v) is 17.9. The van der Waals surface area contributed by atoms with Crippen LogP contribution in [0.4, 0.5) is 4.79 Å². The van der Waals surface area contributed by atoms with Crippen molar-refractivity contribution in [3.63, 3.8) is 0 Å². The average Bonchev–Trinajstić information content (AvgIpc) is 3.34. The van der Waals surface area contributed by atoms with Crippen LogP contribution in [0, 0.1) is 12.8 Å². The van der Waals surface area contributed by atoms with E-state index in [4.69, 9.17) is 4.74 Å². The van der Waals surface area contributed by atoms with Crippen molar-refractivity contribution in [2.24, 2.45) is 5.92 Å². The molecule has 1 unspecified atom stereocenters. The van der Waals surface area contributed by atoms with Crippen LogP contribution in [0.5, 0.6) is 0 Å². The number of hydrogen-bond donors (Lipinski definition) is 2. The number of hydrogen-bond acceptors (Lipinski definition) is 3. The lowest BCUT2D eigenvalue weighted by Crippen LogP contribution is -2.46. The van der Waals surface area contributed by atoms with Crippen LogP contribution in [0.1, 0.15) is 33.7 Å². The number of carbonyl (C=O) groups excluding carboxylic acids is 1. The summed E-state index contributed by atoms with van der Waals surface area (Å²) in [5.41, 5.74) is 8.02. The van der Waals surface area contributed by atoms with Gasteiger partial charge in [0, 0.05) is 5.92 Å². The van der Waals surface area contributed by atoms with Crippen molar-refractivity contribution in [3.8, 4) is 11.1 Å². The molecule has 5 heteroatoms. The normalized spacial score (nSPS) is 17.2. The van der Waals surface area contributed by atoms with E-state index in [1.807, 2.05) is 37.3 Å². The molecule has 1 amide bonds. The Bertz CT molecular complexity index is 1160. The molecule has 2 atom stereocenters. The molecule has 5 nitrogen and oxygen atoms in total. The van der Waals surface area contributed by atoms with Gasteiger partial charge in [-0.15, -0.1) is 0 Å². The van der Waals surface area contributed by atoms with Gasteiger partial charge in [-0.05, 0) is 59.1 Å². The number of carboxylic acids is 1. The van der Waals surface area contributed by atoms with Crippen LogP contribution in [0.2, 0.25) is 0 Å². The van der Waals surface area contributed by atoms with Crippen molar-refractivity contribution in [2.45, 2.75) is 31.7 Å². The van der Waals surface area contributed by atoms with Crippen LogP contribution < -0.4 is 5.32 Å². The van der Waals surface area contributed by atoms with Gasteiger partial charge >= 0.3 is 12.1 Å². The monoisotopic (exact) mass is 427 g/mol. The van der Waals surface area contributed by atoms with E-state index in [0.29, 0.717) is 12.8 Å². The van der Waals surface area contributed by atoms with Crippen molar-refractivity contribution in [1.29, 1.82) is 0 Å². The molecule has 2 aliphatic rings. The molecular weight excluding hydrogens is 402 g/mol. The number of carbonyl (C=O) groups is 2. The molecule has 0 heterocycles. The number of aryl methyl sites for hydroxylation is 1. The predicted octanol–water partition coefficient (Wildman–Crippen LogP) is 4.70. The smallest absolute Gasteiger partial charge is 0.407 e. The van der Waals surface area contributed by atoms with Crippen molar-refractivity contribution in [2.75, 3.05) is 6.61 Å². The van der Waals surface area contributed by atoms with Crippen LogP contribution in [0.3, 0.4) is 0 Å². The molecule has 2 N–H and O–H groups in total. The number of rotatable bonds is 5. The minimum Gasteiger partial charge on any atom is -0.480 e. The number of amides is 1. The summed E-state index contributed by atoms with van der Waals surface area (Å²) in [6, 6.07) is 21.4. The van der Waals surface area contributed by atoms with E-state index < -0.39 is 18.1 Å². The van der Waals surface area contributed by atoms with Gasteiger partial charge in [0.25, 0.3) is 0 Å². The summed E-state index contributed by atoms with van der Waals surface area (Å²) in [4.78, 5) is 24.6. The van der Waals surface area contributed by atoms with E-state index in [-0.39, 0.29) is 18.4 Å². The summed E-state index contributed by atoms with van der Waals surface area (Å²) in [6.45, 7) is 2.19. The summed E-state index contributed by atoms with van der Waals surface area (Å²) in [5.74, 6) is -1.28. The third-order valence-electron chi connectivity index (χ3n) is 6.68. The summed E-state index contributed by atoms with van der Waals surface area (Å²) >= 11 is 0. The first-order valence-corrected chi connectivity index (χ1v) is 10.9. The summed E-state index contributed by atoms with van der Waals surface area (Å²) in [5, 5.41) is 12.4. The molecule has 0 saturated heterocycles. The first-order chi connectivity index (χ1) is 15.5. The van der Waals surface area contributed by atoms with Crippen LogP contribution in [0.25, 0.3) is 11.1 Å². The Morgan fingerprint density at radius 1 is 0.969 bits per heavy atom. The molecule has 5 rings (SSSR count). The fourth-order valence-electron chi connectivity index (χ4n) is 5.16. The van der Waals surface area contributed by atoms with Gasteiger partial charge in [0.15, 0.2) is 0 Å². The first-order valence-electron chi connectivity index (χ1n) is 10.9. The number of benzene rings is 3. The second-order valence-electron chi connectivity index (χ2n) is 8.73. The van der Waals surface area contributed by atoms with Crippen molar-refractivity contribution in [1.82, 2.24) is 5.32 Å². The Kier molecular flexibility index (Phi) is 5.17. The zero-order valence-electron chi connectivity index (χ0n) is 17.9. The van der Waals surface area contributed by atoms with E-state index in [1.54, 1.807) is 0 Å². The second-order valence-corrected chi connectivity index (χ2v) is 8.73. The highest BCUT2D eigenvalue weighted by atomic mass is 16.5. The van der Waals surface area contributed by atoms with Gasteiger partial charge in [0.05, 0.1) is 0 Å². The van der Waals surface area contributed by atoms with Gasteiger partial charge in [-0.2, -0.15) is 0 Å². The number of carboxylic acid groups (broad SMARTS) is 1. The maximum Gasteiger partial charge on any atom is 0.407 e. The van der Waals surface area contributed by atoms with Crippen molar-refractivity contribution in [3.05, 3.63) is 94.5 Å². The highest BCUT2D eigenvalue weighted by molar-refractivity contribution is 5.81. The number of nitrogens with one attached hydrogen (secondary N) is 1. The molecule has 3 aromatic carbocycles. The lowest BCUT2D eigenvalue weighted by atomic mass is 9.96. The maximum atomic E-state index is 12.6. The summed E-state index contributed by atoms with van der Waals surface area (Å²) < 4.78 is 5.56. The number of alkyl carbamates (subject to hydrolysis) is 1. The topological polar surface area (TPSA) is 75.6 Å². The van der Waals surface area contributed by atoms with Gasteiger partial charge < -0.3 is 15.2 Å². The zero-order chi connectivity index (χ0) is 22.2. The molecule has 0 radical (unpaired) electrons. The van der Waals surface area contributed by atoms with E-state index in [1.165, 1.54) is 0 Å². The van der Waals surface area contributed by atoms with E-state index in [0.717, 1.165) is 38.9 Å². The Labute approximate surface area is 187 Å². The highest BCUT2D eigenvalue weighted by Gasteiger charge is 2.35. The second kappa shape index (κ2) is 8.15. The molecule has 3 aromatic rings. The molecular formula is C27H25NO4. The fourth-order valence-corrected chi connectivity index (χ4v) is 5.16. The number of aliphatic carboxylic acids is 1. The molecule has 0 spiro atoms. The predicted molar refractivity (Wildman–Crippen MR) is 122 cm³/mol. The van der Waals surface area contributed by atoms with E-state index >= 15 is 0 Å². The number of fused-ring (bicyclic) bond motifs is 4. The highest BCUT2D eigenvalue weighted by Crippen LogP contribution is 2.44. The first kappa shape index (κ1) is 20.3. The molecule has 2 aliphatic carbocycles. The molecule has 0 aliphatic heterocycles. The summed E-state index contributed by atoms with van der Waals surface area (Å²) in [6.07, 6.45) is 0.583. The average molecular weight is 428 g/mol. The Balaban J connectivity index is 1.27. The maximum absolute atomic E-state index is 12.6. The third kappa shape index (κ3) is 3.64. The third-order valence-corrected chi connectivity index (χ3v) is 6.68. The van der Waals surface area contributed by atoms with Gasteiger partial charge in [0.1, 0.15) is 12.6 Å². The molecule has 0 fully saturated rings. The lowest BCUT2D eigenvalue weighted by molar-refractivity contribution is -0.140. The summed E-state index contributed by atoms with van der Waals surface area (Å²) in [7, 11) is 0. The quantitative estimate of drug-likeness (QED) is 0.619. The van der Waals surface area contributed by atoms with Crippen molar-refractivity contribution >= 4 is 12.1 Å². The fraction of sp³-hybridized carbons (Fsp3) is 0.259. The van der Waals surface area contributed by atoms with Crippen LogP contribution in [-0.4, -0.2) is 29.8 Å².